The molecule has 1 N–H and O–H groups in total. The van der Waals surface area contributed by atoms with Gasteiger partial charge in [-0.25, -0.2) is 4.98 Å². The Labute approximate surface area is 173 Å². The third-order valence-electron chi connectivity index (χ3n) is 5.03. The van der Waals surface area contributed by atoms with E-state index in [0.717, 1.165) is 30.9 Å². The summed E-state index contributed by atoms with van der Waals surface area (Å²) >= 11 is 0. The van der Waals surface area contributed by atoms with Gasteiger partial charge in [0.1, 0.15) is 11.3 Å². The molecule has 2 aromatic rings. The summed E-state index contributed by atoms with van der Waals surface area (Å²) in [6, 6.07) is 6.83. The Morgan fingerprint density at radius 2 is 2.07 bits per heavy atom. The van der Waals surface area contributed by atoms with Gasteiger partial charge in [-0.2, -0.15) is 4.39 Å². The van der Waals surface area contributed by atoms with E-state index in [0.29, 0.717) is 24.4 Å². The van der Waals surface area contributed by atoms with Crippen molar-refractivity contribution in [2.24, 2.45) is 0 Å². The normalized spacial score (nSPS) is 12.9. The number of nitrogens with one attached hydrogen (secondary N) is 1. The molecule has 30 heavy (non-hydrogen) atoms. The number of nitrogens with zero attached hydrogens (tertiary/aromatic N) is 3. The predicted molar refractivity (Wildman–Crippen MR) is 108 cm³/mol. The second kappa shape index (κ2) is 9.43. The number of pyridine rings is 1. The Morgan fingerprint density at radius 1 is 1.27 bits per heavy atom. The van der Waals surface area contributed by atoms with Gasteiger partial charge in [-0.1, -0.05) is 31.9 Å². The minimum absolute atomic E-state index is 0.188. The van der Waals surface area contributed by atoms with Crippen LogP contribution in [-0.4, -0.2) is 39.7 Å². The van der Waals surface area contributed by atoms with Crippen molar-refractivity contribution in [3.8, 4) is 0 Å². The molecule has 0 spiro atoms. The first-order chi connectivity index (χ1) is 14.4. The van der Waals surface area contributed by atoms with Crippen LogP contribution < -0.4 is 5.32 Å². The summed E-state index contributed by atoms with van der Waals surface area (Å²) < 4.78 is 13.9. The molecule has 1 aromatic heterocycles. The van der Waals surface area contributed by atoms with Crippen LogP contribution in [0.1, 0.15) is 58.3 Å². The fraction of sp³-hybridized carbons (Fsp3) is 0.381. The van der Waals surface area contributed by atoms with Crippen molar-refractivity contribution < 1.29 is 18.9 Å². The lowest BCUT2D eigenvalue weighted by Crippen LogP contribution is -2.37. The van der Waals surface area contributed by atoms with Crippen LogP contribution in [0.25, 0.3) is 0 Å². The average molecular weight is 414 g/mol. The minimum atomic E-state index is -1.04. The molecule has 0 fully saturated rings. The number of halogens is 1. The van der Waals surface area contributed by atoms with Crippen molar-refractivity contribution in [1.29, 1.82) is 0 Å². The smallest absolute Gasteiger partial charge is 0.317 e. The first kappa shape index (κ1) is 21.4. The number of rotatable bonds is 7. The van der Waals surface area contributed by atoms with Crippen LogP contribution in [0.15, 0.2) is 30.3 Å². The quantitative estimate of drug-likeness (QED) is 0.425. The van der Waals surface area contributed by atoms with Crippen molar-refractivity contribution in [3.63, 3.8) is 0 Å². The molecule has 0 saturated heterocycles. The van der Waals surface area contributed by atoms with Gasteiger partial charge in [-0.15, -0.1) is 0 Å². The number of nitro groups is 1. The molecule has 8 nitrogen and oxygen atoms in total. The van der Waals surface area contributed by atoms with Gasteiger partial charge in [0, 0.05) is 31.7 Å². The molecule has 1 aromatic carbocycles. The van der Waals surface area contributed by atoms with Crippen LogP contribution in [0, 0.1) is 15.9 Å². The third-order valence-corrected chi connectivity index (χ3v) is 5.03. The first-order valence-electron chi connectivity index (χ1n) is 9.91. The number of carbonyl (C=O) groups is 2. The zero-order valence-corrected chi connectivity index (χ0v) is 16.7. The average Bonchev–Trinajstić information content (AvgIpc) is 2.74. The predicted octanol–water partition coefficient (Wildman–Crippen LogP) is 3.25. The Morgan fingerprint density at radius 3 is 2.80 bits per heavy atom. The Balaban J connectivity index is 1.72. The highest BCUT2D eigenvalue weighted by Crippen LogP contribution is 2.26. The van der Waals surface area contributed by atoms with Crippen molar-refractivity contribution in [3.05, 3.63) is 68.8 Å². The SMILES string of the molecule is CCCCCNC(=O)c1ccc2c(n1)CCN(C(=O)c1cccc(F)c1[N+](=O)[O-])C2. The summed E-state index contributed by atoms with van der Waals surface area (Å²) in [5.41, 5.74) is 0.706. The Hall–Kier alpha value is -3.36. The van der Waals surface area contributed by atoms with Gasteiger partial charge in [-0.3, -0.25) is 19.7 Å². The molecule has 1 aliphatic rings. The largest absolute Gasteiger partial charge is 0.351 e. The molecule has 3 rings (SSSR count). The van der Waals surface area contributed by atoms with Crippen molar-refractivity contribution in [2.75, 3.05) is 13.1 Å². The number of amides is 2. The molecule has 0 aliphatic carbocycles. The molecule has 9 heteroatoms. The summed E-state index contributed by atoms with van der Waals surface area (Å²) in [5, 5.41) is 14.0. The van der Waals surface area contributed by atoms with Crippen molar-refractivity contribution >= 4 is 17.5 Å². The number of unbranched alkanes of at least 4 members (excludes halogenated alkanes) is 2. The molecule has 158 valence electrons. The Kier molecular flexibility index (Phi) is 6.71. The minimum Gasteiger partial charge on any atom is -0.351 e. The zero-order chi connectivity index (χ0) is 21.7. The standard InChI is InChI=1S/C21H23FN4O4/c1-2-3-4-11-23-20(27)18-9-8-14-13-25(12-10-17(14)24-18)21(28)15-6-5-7-16(22)19(15)26(29)30/h5-9H,2-4,10-13H2,1H3,(H,23,27). The maximum atomic E-state index is 13.9. The molecule has 0 unspecified atom stereocenters. The lowest BCUT2D eigenvalue weighted by Gasteiger charge is -2.28. The second-order valence-corrected chi connectivity index (χ2v) is 7.14. The molecule has 0 saturated carbocycles. The summed E-state index contributed by atoms with van der Waals surface area (Å²) in [4.78, 5) is 41.2. The molecule has 2 amide bonds. The van der Waals surface area contributed by atoms with E-state index in [4.69, 9.17) is 0 Å². The van der Waals surface area contributed by atoms with E-state index < -0.39 is 22.3 Å². The van der Waals surface area contributed by atoms with Gasteiger partial charge in [0.05, 0.1) is 4.92 Å². The number of hydrogen-bond donors (Lipinski definition) is 1. The van der Waals surface area contributed by atoms with E-state index in [9.17, 15) is 24.1 Å². The topological polar surface area (TPSA) is 105 Å². The molecular formula is C21H23FN4O4. The molecule has 0 radical (unpaired) electrons. The van der Waals surface area contributed by atoms with Crippen LogP contribution in [0.3, 0.4) is 0 Å². The van der Waals surface area contributed by atoms with E-state index in [1.54, 1.807) is 12.1 Å². The van der Waals surface area contributed by atoms with Gasteiger partial charge < -0.3 is 10.2 Å². The van der Waals surface area contributed by atoms with E-state index >= 15 is 0 Å². The van der Waals surface area contributed by atoms with Gasteiger partial charge >= 0.3 is 5.69 Å². The summed E-state index contributed by atoms with van der Waals surface area (Å²) in [6.07, 6.45) is 3.43. The van der Waals surface area contributed by atoms with Crippen LogP contribution in [0.4, 0.5) is 10.1 Å². The number of aromatic nitrogens is 1. The lowest BCUT2D eigenvalue weighted by atomic mass is 10.0. The maximum Gasteiger partial charge on any atom is 0.317 e. The van der Waals surface area contributed by atoms with Crippen LogP contribution in [0.5, 0.6) is 0 Å². The van der Waals surface area contributed by atoms with E-state index in [1.807, 2.05) is 0 Å². The molecule has 2 heterocycles. The zero-order valence-electron chi connectivity index (χ0n) is 16.7. The van der Waals surface area contributed by atoms with Crippen molar-refractivity contribution in [2.45, 2.75) is 39.2 Å². The Bertz CT molecular complexity index is 979. The summed E-state index contributed by atoms with van der Waals surface area (Å²) in [7, 11) is 0. The summed E-state index contributed by atoms with van der Waals surface area (Å²) in [6.45, 7) is 3.15. The summed E-state index contributed by atoms with van der Waals surface area (Å²) in [5.74, 6) is -1.88. The lowest BCUT2D eigenvalue weighted by molar-refractivity contribution is -0.387. The fourth-order valence-electron chi connectivity index (χ4n) is 3.43. The highest BCUT2D eigenvalue weighted by Gasteiger charge is 2.30. The number of nitro benzene ring substituents is 1. The second-order valence-electron chi connectivity index (χ2n) is 7.14. The van der Waals surface area contributed by atoms with Crippen LogP contribution >= 0.6 is 0 Å². The number of para-hydroxylation sites is 1. The molecule has 1 aliphatic heterocycles. The van der Waals surface area contributed by atoms with Crippen LogP contribution in [-0.2, 0) is 13.0 Å². The van der Waals surface area contributed by atoms with Crippen LogP contribution in [0.2, 0.25) is 0 Å². The number of fused-ring (bicyclic) bond motifs is 1. The number of benzene rings is 1. The third kappa shape index (κ3) is 4.61. The molecular weight excluding hydrogens is 391 g/mol. The number of hydrogen-bond acceptors (Lipinski definition) is 5. The number of carbonyl (C=O) groups excluding carboxylic acids is 2. The van der Waals surface area contributed by atoms with Gasteiger partial charge in [0.2, 0.25) is 5.82 Å². The van der Waals surface area contributed by atoms with E-state index in [1.165, 1.54) is 17.0 Å². The monoisotopic (exact) mass is 414 g/mol. The van der Waals surface area contributed by atoms with Gasteiger partial charge in [0.25, 0.3) is 11.8 Å². The van der Waals surface area contributed by atoms with E-state index in [-0.39, 0.29) is 24.6 Å². The first-order valence-corrected chi connectivity index (χ1v) is 9.91. The van der Waals surface area contributed by atoms with E-state index in [2.05, 4.69) is 17.2 Å². The maximum absolute atomic E-state index is 13.9. The highest BCUT2D eigenvalue weighted by molar-refractivity contribution is 5.98. The van der Waals surface area contributed by atoms with Gasteiger partial charge in [-0.05, 0) is 30.2 Å². The highest BCUT2D eigenvalue weighted by atomic mass is 19.1. The molecule has 0 atom stereocenters. The van der Waals surface area contributed by atoms with Gasteiger partial charge in [0.15, 0.2) is 0 Å². The molecule has 0 bridgehead atoms. The fourth-order valence-corrected chi connectivity index (χ4v) is 3.43. The van der Waals surface area contributed by atoms with Crippen molar-refractivity contribution in [1.82, 2.24) is 15.2 Å².